The van der Waals surface area contributed by atoms with E-state index in [0.29, 0.717) is 0 Å². The van der Waals surface area contributed by atoms with Gasteiger partial charge in [0.1, 0.15) is 0 Å². The highest BCUT2D eigenvalue weighted by Gasteiger charge is 2.14. The quantitative estimate of drug-likeness (QED) is 0.784. The van der Waals surface area contributed by atoms with Crippen LogP contribution in [0.3, 0.4) is 0 Å². The van der Waals surface area contributed by atoms with Crippen molar-refractivity contribution < 1.29 is 0 Å². The lowest BCUT2D eigenvalue weighted by molar-refractivity contribution is 0.282. The maximum absolute atomic E-state index is 3.61. The minimum absolute atomic E-state index is 0.736. The molecule has 0 aromatic heterocycles. The highest BCUT2D eigenvalue weighted by atomic mass is 15.1. The van der Waals surface area contributed by atoms with Crippen molar-refractivity contribution in [3.8, 4) is 0 Å². The van der Waals surface area contributed by atoms with Gasteiger partial charge in [0.05, 0.1) is 0 Å². The number of nitrogens with one attached hydrogen (secondary N) is 1. The highest BCUT2D eigenvalue weighted by Crippen LogP contribution is 2.11. The molecule has 0 saturated carbocycles. The molecular formula is C19H32N2. The molecule has 1 saturated heterocycles. The summed E-state index contributed by atoms with van der Waals surface area (Å²) in [5, 5.41) is 3.61. The van der Waals surface area contributed by atoms with Crippen molar-refractivity contribution in [1.82, 2.24) is 10.2 Å². The van der Waals surface area contributed by atoms with Crippen LogP contribution in [0.15, 0.2) is 24.3 Å². The molecule has 1 unspecified atom stereocenters. The van der Waals surface area contributed by atoms with E-state index in [-0.39, 0.29) is 0 Å². The molecule has 2 rings (SSSR count). The average Bonchev–Trinajstić information content (AvgIpc) is 2.93. The van der Waals surface area contributed by atoms with Gasteiger partial charge in [-0.3, -0.25) is 0 Å². The number of rotatable bonds is 8. The van der Waals surface area contributed by atoms with Crippen LogP contribution in [0, 0.1) is 11.8 Å². The smallest absolute Gasteiger partial charge is 0.0205 e. The normalized spacial score (nSPS) is 17.5. The lowest BCUT2D eigenvalue weighted by Gasteiger charge is -2.20. The summed E-state index contributed by atoms with van der Waals surface area (Å²) in [7, 11) is 0. The SMILES string of the molecule is CC(C)Cc1ccc(CNCC(C)CN2CCCC2)cc1. The fraction of sp³-hybridized carbons (Fsp3) is 0.684. The highest BCUT2D eigenvalue weighted by molar-refractivity contribution is 5.22. The molecule has 1 aliphatic rings. The van der Waals surface area contributed by atoms with E-state index < -0.39 is 0 Å². The standard InChI is InChI=1S/C19H32N2/c1-16(2)12-18-6-8-19(9-7-18)14-20-13-17(3)15-21-10-4-5-11-21/h6-9,16-17,20H,4-5,10-15H2,1-3H3. The Morgan fingerprint density at radius 3 is 2.24 bits per heavy atom. The number of hydrogen-bond acceptors (Lipinski definition) is 2. The van der Waals surface area contributed by atoms with Gasteiger partial charge in [0.2, 0.25) is 0 Å². The predicted octanol–water partition coefficient (Wildman–Crippen LogP) is 3.71. The van der Waals surface area contributed by atoms with Gasteiger partial charge in [0, 0.05) is 13.1 Å². The molecule has 0 radical (unpaired) electrons. The van der Waals surface area contributed by atoms with Gasteiger partial charge < -0.3 is 10.2 Å². The Balaban J connectivity index is 1.65. The molecule has 0 aliphatic carbocycles. The van der Waals surface area contributed by atoms with Crippen LogP contribution in [0.2, 0.25) is 0 Å². The van der Waals surface area contributed by atoms with Gasteiger partial charge in [-0.15, -0.1) is 0 Å². The van der Waals surface area contributed by atoms with E-state index in [0.717, 1.165) is 24.9 Å². The topological polar surface area (TPSA) is 15.3 Å². The van der Waals surface area contributed by atoms with Crippen LogP contribution in [-0.2, 0) is 13.0 Å². The second-order valence-electron chi connectivity index (χ2n) is 7.16. The zero-order valence-corrected chi connectivity index (χ0v) is 14.1. The lowest BCUT2D eigenvalue weighted by atomic mass is 10.0. The summed E-state index contributed by atoms with van der Waals surface area (Å²) in [5.74, 6) is 1.48. The Bertz CT molecular complexity index is 391. The largest absolute Gasteiger partial charge is 0.312 e. The average molecular weight is 288 g/mol. The number of likely N-dealkylation sites (tertiary alicyclic amines) is 1. The molecule has 1 atom stereocenters. The second kappa shape index (κ2) is 8.55. The Morgan fingerprint density at radius 1 is 1.00 bits per heavy atom. The van der Waals surface area contributed by atoms with Crippen molar-refractivity contribution in [3.05, 3.63) is 35.4 Å². The first-order valence-electron chi connectivity index (χ1n) is 8.64. The molecular weight excluding hydrogens is 256 g/mol. The summed E-state index contributed by atoms with van der Waals surface area (Å²) in [4.78, 5) is 2.60. The lowest BCUT2D eigenvalue weighted by Crippen LogP contribution is -2.31. The molecule has 0 bridgehead atoms. The van der Waals surface area contributed by atoms with Crippen LogP contribution >= 0.6 is 0 Å². The maximum Gasteiger partial charge on any atom is 0.0205 e. The van der Waals surface area contributed by atoms with Gasteiger partial charge in [0.25, 0.3) is 0 Å². The van der Waals surface area contributed by atoms with Crippen molar-refractivity contribution in [2.24, 2.45) is 11.8 Å². The summed E-state index contributed by atoms with van der Waals surface area (Å²) in [6, 6.07) is 9.11. The van der Waals surface area contributed by atoms with Crippen molar-refractivity contribution in [2.75, 3.05) is 26.2 Å². The van der Waals surface area contributed by atoms with Crippen LogP contribution in [-0.4, -0.2) is 31.1 Å². The Hall–Kier alpha value is -0.860. The van der Waals surface area contributed by atoms with E-state index in [9.17, 15) is 0 Å². The van der Waals surface area contributed by atoms with E-state index in [1.165, 1.54) is 50.0 Å². The molecule has 118 valence electrons. The Kier molecular flexibility index (Phi) is 6.72. The summed E-state index contributed by atoms with van der Waals surface area (Å²) in [5.41, 5.74) is 2.85. The number of hydrogen-bond donors (Lipinski definition) is 1. The van der Waals surface area contributed by atoms with E-state index in [2.05, 4.69) is 55.3 Å². The second-order valence-corrected chi connectivity index (χ2v) is 7.16. The first-order valence-corrected chi connectivity index (χ1v) is 8.64. The fourth-order valence-electron chi connectivity index (χ4n) is 3.20. The molecule has 0 amide bonds. The monoisotopic (exact) mass is 288 g/mol. The molecule has 1 heterocycles. The molecule has 1 aliphatic heterocycles. The van der Waals surface area contributed by atoms with Crippen LogP contribution < -0.4 is 5.32 Å². The molecule has 1 aromatic rings. The van der Waals surface area contributed by atoms with Gasteiger partial charge in [-0.05, 0) is 61.9 Å². The van der Waals surface area contributed by atoms with Crippen LogP contribution in [0.4, 0.5) is 0 Å². The molecule has 1 fully saturated rings. The van der Waals surface area contributed by atoms with Gasteiger partial charge in [0.15, 0.2) is 0 Å². The molecule has 1 N–H and O–H groups in total. The molecule has 0 spiro atoms. The van der Waals surface area contributed by atoms with E-state index in [1.54, 1.807) is 0 Å². The van der Waals surface area contributed by atoms with Gasteiger partial charge in [-0.1, -0.05) is 45.0 Å². The Morgan fingerprint density at radius 2 is 1.62 bits per heavy atom. The third kappa shape index (κ3) is 6.19. The van der Waals surface area contributed by atoms with Gasteiger partial charge in [-0.25, -0.2) is 0 Å². The van der Waals surface area contributed by atoms with E-state index >= 15 is 0 Å². The third-order valence-corrected chi connectivity index (χ3v) is 4.26. The molecule has 21 heavy (non-hydrogen) atoms. The maximum atomic E-state index is 3.61. The molecule has 1 aromatic carbocycles. The van der Waals surface area contributed by atoms with Crippen molar-refractivity contribution in [2.45, 2.75) is 46.6 Å². The van der Waals surface area contributed by atoms with Crippen molar-refractivity contribution >= 4 is 0 Å². The summed E-state index contributed by atoms with van der Waals surface area (Å²) >= 11 is 0. The molecule has 2 heteroatoms. The minimum Gasteiger partial charge on any atom is -0.312 e. The number of benzene rings is 1. The zero-order chi connectivity index (χ0) is 15.1. The summed E-state index contributed by atoms with van der Waals surface area (Å²) < 4.78 is 0. The Labute approximate surface area is 130 Å². The number of nitrogens with zero attached hydrogens (tertiary/aromatic N) is 1. The summed E-state index contributed by atoms with van der Waals surface area (Å²) in [6.07, 6.45) is 3.96. The third-order valence-electron chi connectivity index (χ3n) is 4.26. The van der Waals surface area contributed by atoms with Crippen molar-refractivity contribution in [3.63, 3.8) is 0 Å². The fourth-order valence-corrected chi connectivity index (χ4v) is 3.20. The van der Waals surface area contributed by atoms with Crippen LogP contribution in [0.25, 0.3) is 0 Å². The summed E-state index contributed by atoms with van der Waals surface area (Å²) in [6.45, 7) is 12.9. The van der Waals surface area contributed by atoms with Crippen molar-refractivity contribution in [1.29, 1.82) is 0 Å². The zero-order valence-electron chi connectivity index (χ0n) is 14.1. The van der Waals surface area contributed by atoms with E-state index in [4.69, 9.17) is 0 Å². The first kappa shape index (κ1) is 16.5. The van der Waals surface area contributed by atoms with Crippen LogP contribution in [0.1, 0.15) is 44.7 Å². The van der Waals surface area contributed by atoms with E-state index in [1.807, 2.05) is 0 Å². The first-order chi connectivity index (χ1) is 10.1. The minimum atomic E-state index is 0.736. The molecule has 2 nitrogen and oxygen atoms in total. The van der Waals surface area contributed by atoms with Gasteiger partial charge in [-0.2, -0.15) is 0 Å². The van der Waals surface area contributed by atoms with Gasteiger partial charge >= 0.3 is 0 Å². The van der Waals surface area contributed by atoms with Crippen LogP contribution in [0.5, 0.6) is 0 Å². The predicted molar refractivity (Wildman–Crippen MR) is 91.5 cm³/mol.